The predicted molar refractivity (Wildman–Crippen MR) is 88.3 cm³/mol. The van der Waals surface area contributed by atoms with Crippen LogP contribution >= 0.6 is 0 Å². The molecule has 3 rings (SSSR count). The number of hydrogen-bond acceptors (Lipinski definition) is 3. The van der Waals surface area contributed by atoms with E-state index in [0.717, 1.165) is 11.8 Å². The molecule has 2 aromatic heterocycles. The van der Waals surface area contributed by atoms with Crippen LogP contribution in [0, 0.1) is 0 Å². The van der Waals surface area contributed by atoms with Gasteiger partial charge in [0.2, 0.25) is 0 Å². The molecule has 1 unspecified atom stereocenters. The first-order valence-electron chi connectivity index (χ1n) is 7.77. The van der Waals surface area contributed by atoms with E-state index in [1.54, 1.807) is 41.3 Å². The molecular weight excluding hydrogens is 345 g/mol. The van der Waals surface area contributed by atoms with Crippen molar-refractivity contribution in [1.82, 2.24) is 20.1 Å². The Morgan fingerprint density at radius 3 is 2.65 bits per heavy atom. The molecule has 0 aliphatic heterocycles. The molecule has 5 nitrogen and oxygen atoms in total. The molecule has 8 heteroatoms. The summed E-state index contributed by atoms with van der Waals surface area (Å²) in [6, 6.07) is 8.73. The molecule has 0 saturated heterocycles. The molecule has 2 heterocycles. The highest BCUT2D eigenvalue weighted by atomic mass is 19.4. The van der Waals surface area contributed by atoms with Crippen molar-refractivity contribution in [3.63, 3.8) is 0 Å². The molecule has 1 amide bonds. The Labute approximate surface area is 147 Å². The molecule has 0 spiro atoms. The van der Waals surface area contributed by atoms with Crippen molar-refractivity contribution in [2.45, 2.75) is 18.8 Å². The van der Waals surface area contributed by atoms with Crippen LogP contribution in [0.5, 0.6) is 0 Å². The first-order valence-corrected chi connectivity index (χ1v) is 7.77. The number of rotatable bonds is 5. The van der Waals surface area contributed by atoms with Crippen molar-refractivity contribution in [2.75, 3.05) is 0 Å². The fourth-order valence-corrected chi connectivity index (χ4v) is 2.51. The number of amides is 1. The summed E-state index contributed by atoms with van der Waals surface area (Å²) in [5.74, 6) is -0.807. The monoisotopic (exact) mass is 360 g/mol. The summed E-state index contributed by atoms with van der Waals surface area (Å²) in [4.78, 5) is 16.1. The lowest BCUT2D eigenvalue weighted by atomic mass is 10.1. The van der Waals surface area contributed by atoms with Crippen molar-refractivity contribution < 1.29 is 18.0 Å². The number of halogens is 3. The third-order valence-corrected chi connectivity index (χ3v) is 3.71. The number of hydrogen-bond donors (Lipinski definition) is 1. The van der Waals surface area contributed by atoms with Gasteiger partial charge >= 0.3 is 6.18 Å². The number of nitrogens with one attached hydrogen (secondary N) is 1. The largest absolute Gasteiger partial charge is 0.412 e. The van der Waals surface area contributed by atoms with Crippen LogP contribution in [0.4, 0.5) is 13.2 Å². The zero-order valence-electron chi connectivity index (χ0n) is 13.5. The Balaban J connectivity index is 1.79. The topological polar surface area (TPSA) is 59.8 Å². The van der Waals surface area contributed by atoms with Crippen molar-refractivity contribution in [2.24, 2.45) is 0 Å². The lowest BCUT2D eigenvalue weighted by molar-refractivity contribution is -0.155. The minimum Gasteiger partial charge on any atom is -0.337 e. The van der Waals surface area contributed by atoms with Gasteiger partial charge in [-0.15, -0.1) is 0 Å². The molecular formula is C18H15F3N4O. The van der Waals surface area contributed by atoms with Gasteiger partial charge in [-0.05, 0) is 29.8 Å². The molecule has 0 fully saturated rings. The van der Waals surface area contributed by atoms with E-state index in [9.17, 15) is 18.0 Å². The lowest BCUT2D eigenvalue weighted by Gasteiger charge is -2.21. The fraction of sp³-hybridized carbons (Fsp3) is 0.167. The Hall–Kier alpha value is -3.16. The van der Waals surface area contributed by atoms with E-state index in [1.165, 1.54) is 24.4 Å². The van der Waals surface area contributed by atoms with E-state index in [-0.39, 0.29) is 11.1 Å². The van der Waals surface area contributed by atoms with Gasteiger partial charge < -0.3 is 5.32 Å². The first-order chi connectivity index (χ1) is 12.4. The molecule has 1 N–H and O–H groups in total. The maximum absolute atomic E-state index is 13.4. The van der Waals surface area contributed by atoms with Crippen LogP contribution in [-0.2, 0) is 6.54 Å². The predicted octanol–water partition coefficient (Wildman–Crippen LogP) is 3.36. The van der Waals surface area contributed by atoms with Crippen molar-refractivity contribution in [3.05, 3.63) is 83.9 Å². The van der Waals surface area contributed by atoms with Gasteiger partial charge in [0.1, 0.15) is 0 Å². The highest BCUT2D eigenvalue weighted by Gasteiger charge is 2.42. The Bertz CT molecular complexity index is 864. The van der Waals surface area contributed by atoms with Gasteiger partial charge in [0.15, 0.2) is 6.04 Å². The van der Waals surface area contributed by atoms with Crippen molar-refractivity contribution in [1.29, 1.82) is 0 Å². The van der Waals surface area contributed by atoms with Crippen molar-refractivity contribution in [3.8, 4) is 0 Å². The standard InChI is InChI=1S/C18H15F3N4O/c19-18(20,21)16(15-6-2-7-22-11-15)24-17(26)14-5-1-4-13(10-14)12-25-9-3-8-23-25/h1-11,16H,12H2,(H,24,26). The zero-order chi connectivity index (χ0) is 18.6. The van der Waals surface area contributed by atoms with Crippen LogP contribution in [0.3, 0.4) is 0 Å². The minimum absolute atomic E-state index is 0.124. The van der Waals surface area contributed by atoms with Gasteiger partial charge in [-0.1, -0.05) is 18.2 Å². The molecule has 26 heavy (non-hydrogen) atoms. The first kappa shape index (κ1) is 17.7. The van der Waals surface area contributed by atoms with Gasteiger partial charge in [0, 0.05) is 35.9 Å². The van der Waals surface area contributed by atoms with Crippen LogP contribution in [0.1, 0.15) is 27.5 Å². The molecule has 1 atom stereocenters. The molecule has 3 aromatic rings. The number of benzene rings is 1. The van der Waals surface area contributed by atoms with E-state index in [1.807, 2.05) is 5.32 Å². The maximum atomic E-state index is 13.4. The SMILES string of the molecule is O=C(NC(c1cccnc1)C(F)(F)F)c1cccc(Cn2cccn2)c1. The van der Waals surface area contributed by atoms with Gasteiger partial charge in [0.05, 0.1) is 6.54 Å². The van der Waals surface area contributed by atoms with Crippen LogP contribution < -0.4 is 5.32 Å². The summed E-state index contributed by atoms with van der Waals surface area (Å²) in [6.07, 6.45) is 1.21. The van der Waals surface area contributed by atoms with Gasteiger partial charge in [-0.2, -0.15) is 18.3 Å². The molecule has 0 radical (unpaired) electrons. The zero-order valence-corrected chi connectivity index (χ0v) is 13.5. The van der Waals surface area contributed by atoms with Crippen LogP contribution in [0.25, 0.3) is 0 Å². The number of carbonyl (C=O) groups is 1. The maximum Gasteiger partial charge on any atom is 0.412 e. The normalized spacial score (nSPS) is 12.6. The number of pyridine rings is 1. The summed E-state index contributed by atoms with van der Waals surface area (Å²) < 4.78 is 41.7. The second-order valence-electron chi connectivity index (χ2n) is 5.64. The van der Waals surface area contributed by atoms with Crippen LogP contribution in [0.2, 0.25) is 0 Å². The van der Waals surface area contributed by atoms with E-state index < -0.39 is 18.1 Å². The Morgan fingerprint density at radius 2 is 2.00 bits per heavy atom. The quantitative estimate of drug-likeness (QED) is 0.759. The average molecular weight is 360 g/mol. The fourth-order valence-electron chi connectivity index (χ4n) is 2.51. The summed E-state index contributed by atoms with van der Waals surface area (Å²) in [6.45, 7) is 0.416. The summed E-state index contributed by atoms with van der Waals surface area (Å²) >= 11 is 0. The van der Waals surface area contributed by atoms with Crippen LogP contribution in [0.15, 0.2) is 67.3 Å². The van der Waals surface area contributed by atoms with Crippen LogP contribution in [-0.4, -0.2) is 26.8 Å². The highest BCUT2D eigenvalue weighted by molar-refractivity contribution is 5.94. The Morgan fingerprint density at radius 1 is 1.15 bits per heavy atom. The minimum atomic E-state index is -4.63. The van der Waals surface area contributed by atoms with E-state index >= 15 is 0 Å². The van der Waals surface area contributed by atoms with Crippen molar-refractivity contribution >= 4 is 5.91 Å². The van der Waals surface area contributed by atoms with Gasteiger partial charge in [0.25, 0.3) is 5.91 Å². The van der Waals surface area contributed by atoms with Gasteiger partial charge in [-0.25, -0.2) is 0 Å². The summed E-state index contributed by atoms with van der Waals surface area (Å²) in [5, 5.41) is 6.12. The molecule has 0 aliphatic rings. The molecule has 0 saturated carbocycles. The van der Waals surface area contributed by atoms with E-state index in [4.69, 9.17) is 0 Å². The van der Waals surface area contributed by atoms with E-state index in [2.05, 4.69) is 10.1 Å². The second-order valence-corrected chi connectivity index (χ2v) is 5.64. The Kier molecular flexibility index (Phi) is 5.01. The average Bonchev–Trinajstić information content (AvgIpc) is 3.12. The summed E-state index contributed by atoms with van der Waals surface area (Å²) in [5.41, 5.74) is 0.778. The molecule has 0 aliphatic carbocycles. The van der Waals surface area contributed by atoms with E-state index in [0.29, 0.717) is 6.54 Å². The number of alkyl halides is 3. The van der Waals surface area contributed by atoms with Gasteiger partial charge in [-0.3, -0.25) is 14.5 Å². The molecule has 1 aromatic carbocycles. The lowest BCUT2D eigenvalue weighted by Crippen LogP contribution is -2.38. The number of carbonyl (C=O) groups excluding carboxylic acids is 1. The third kappa shape index (κ3) is 4.27. The number of nitrogens with zero attached hydrogens (tertiary/aromatic N) is 3. The number of aromatic nitrogens is 3. The smallest absolute Gasteiger partial charge is 0.337 e. The second kappa shape index (κ2) is 7.38. The summed E-state index contributed by atoms with van der Waals surface area (Å²) in [7, 11) is 0. The molecule has 134 valence electrons. The highest BCUT2D eigenvalue weighted by Crippen LogP contribution is 2.32. The third-order valence-electron chi connectivity index (χ3n) is 3.71. The molecule has 0 bridgehead atoms.